The van der Waals surface area contributed by atoms with Crippen LogP contribution in [0.25, 0.3) is 11.0 Å². The van der Waals surface area contributed by atoms with Gasteiger partial charge >= 0.3 is 0 Å². The largest absolute Gasteiger partial charge is 0.861 e. The first kappa shape index (κ1) is 25.0. The van der Waals surface area contributed by atoms with Crippen molar-refractivity contribution in [2.24, 2.45) is 4.40 Å². The van der Waals surface area contributed by atoms with E-state index in [4.69, 9.17) is 0 Å². The van der Waals surface area contributed by atoms with Gasteiger partial charge in [-0.15, -0.1) is 0 Å². The molecule has 2 N–H and O–H groups in total. The van der Waals surface area contributed by atoms with E-state index < -0.39 is 55.3 Å². The molecule has 37 heavy (non-hydrogen) atoms. The molecule has 4 aromatic rings. The molecule has 0 saturated heterocycles. The number of para-hydroxylation sites is 2. The maximum Gasteiger partial charge on any atom is 0.259 e. The molecule has 1 aromatic heterocycles. The van der Waals surface area contributed by atoms with Gasteiger partial charge in [0.1, 0.15) is 22.7 Å². The molecule has 0 saturated carbocycles. The third-order valence-electron chi connectivity index (χ3n) is 5.94. The van der Waals surface area contributed by atoms with E-state index in [1.165, 1.54) is 24.3 Å². The molecule has 2 heterocycles. The molecule has 0 spiro atoms. The van der Waals surface area contributed by atoms with E-state index in [0.29, 0.717) is 16.6 Å². The topological polar surface area (TPSA) is 144 Å². The molecule has 13 heteroatoms. The Morgan fingerprint density at radius 1 is 1.08 bits per heavy atom. The van der Waals surface area contributed by atoms with Crippen LogP contribution in [-0.4, -0.2) is 32.7 Å². The van der Waals surface area contributed by atoms with Crippen LogP contribution in [0.4, 0.5) is 8.78 Å². The van der Waals surface area contributed by atoms with Gasteiger partial charge in [-0.2, -0.15) is 4.40 Å². The third kappa shape index (κ3) is 5.10. The third-order valence-corrected chi connectivity index (χ3v) is 9.01. The Balaban J connectivity index is 1.49. The Morgan fingerprint density at radius 2 is 1.86 bits per heavy atom. The number of aromatic amines is 1. The molecule has 0 unspecified atom stereocenters. The van der Waals surface area contributed by atoms with E-state index in [9.17, 15) is 26.3 Å². The summed E-state index contributed by atoms with van der Waals surface area (Å²) in [6, 6.07) is 14.3. The van der Waals surface area contributed by atoms with Gasteiger partial charge in [0.05, 0.1) is 22.0 Å². The molecule has 1 aliphatic heterocycles. The van der Waals surface area contributed by atoms with Crippen molar-refractivity contribution in [3.8, 4) is 0 Å². The number of hydrogen-bond donors (Lipinski definition) is 2. The van der Waals surface area contributed by atoms with Crippen LogP contribution in [0.5, 0.6) is 0 Å². The van der Waals surface area contributed by atoms with Crippen molar-refractivity contribution in [1.29, 1.82) is 0 Å². The van der Waals surface area contributed by atoms with Crippen molar-refractivity contribution in [2.75, 3.05) is 0 Å². The summed E-state index contributed by atoms with van der Waals surface area (Å²) in [7, 11) is -8.38. The van der Waals surface area contributed by atoms with E-state index >= 15 is 4.39 Å². The molecule has 0 radical (unpaired) electrons. The average Bonchev–Trinajstić information content (AvgIpc) is 3.38. The van der Waals surface area contributed by atoms with Crippen LogP contribution in [0.3, 0.4) is 0 Å². The van der Waals surface area contributed by atoms with Crippen LogP contribution in [0.1, 0.15) is 34.7 Å². The fourth-order valence-electron chi connectivity index (χ4n) is 4.19. The zero-order valence-corrected chi connectivity index (χ0v) is 20.6. The predicted octanol–water partition coefficient (Wildman–Crippen LogP) is 2.64. The van der Waals surface area contributed by atoms with Gasteiger partial charge in [-0.3, -0.25) is 0 Å². The second-order valence-corrected chi connectivity index (χ2v) is 12.0. The van der Waals surface area contributed by atoms with Crippen molar-refractivity contribution >= 4 is 37.0 Å². The van der Waals surface area contributed by atoms with Crippen molar-refractivity contribution in [1.82, 2.24) is 14.7 Å². The molecule has 1 aliphatic rings. The lowest BCUT2D eigenvalue weighted by Crippen LogP contribution is -2.31. The van der Waals surface area contributed by atoms with Gasteiger partial charge in [0.25, 0.3) is 10.0 Å². The molecular formula is C24H19F2N4O5S2-. The lowest BCUT2D eigenvalue weighted by Gasteiger charge is -2.18. The first-order valence-electron chi connectivity index (χ1n) is 11.0. The lowest BCUT2D eigenvalue weighted by molar-refractivity contribution is -0.217. The predicted molar refractivity (Wildman–Crippen MR) is 129 cm³/mol. The summed E-state index contributed by atoms with van der Waals surface area (Å²) in [6.07, 6.45) is -0.528. The maximum absolute atomic E-state index is 15.0. The van der Waals surface area contributed by atoms with Crippen molar-refractivity contribution in [3.63, 3.8) is 0 Å². The number of fused-ring (bicyclic) bond motifs is 1. The molecular weight excluding hydrogens is 526 g/mol. The van der Waals surface area contributed by atoms with E-state index in [-0.39, 0.29) is 22.7 Å². The van der Waals surface area contributed by atoms with Crippen LogP contribution < -0.4 is 9.83 Å². The van der Waals surface area contributed by atoms with E-state index in [1.54, 1.807) is 24.3 Å². The molecule has 2 atom stereocenters. The van der Waals surface area contributed by atoms with Crippen LogP contribution in [0.2, 0.25) is 0 Å². The van der Waals surface area contributed by atoms with Gasteiger partial charge in [0, 0.05) is 5.56 Å². The highest BCUT2D eigenvalue weighted by molar-refractivity contribution is 7.90. The Morgan fingerprint density at radius 3 is 2.54 bits per heavy atom. The fourth-order valence-corrected chi connectivity index (χ4v) is 6.77. The quantitative estimate of drug-likeness (QED) is 0.365. The summed E-state index contributed by atoms with van der Waals surface area (Å²) >= 11 is 0. The fraction of sp³-hybridized carbons (Fsp3) is 0.167. The zero-order valence-electron chi connectivity index (χ0n) is 18.9. The van der Waals surface area contributed by atoms with Crippen LogP contribution >= 0.6 is 0 Å². The van der Waals surface area contributed by atoms with E-state index in [0.717, 1.165) is 18.2 Å². The van der Waals surface area contributed by atoms with Crippen molar-refractivity contribution < 1.29 is 30.7 Å². The highest BCUT2D eigenvalue weighted by Gasteiger charge is 2.34. The normalized spacial score (nSPS) is 18.1. The van der Waals surface area contributed by atoms with Gasteiger partial charge in [-0.05, 0) is 60.7 Å². The highest BCUT2D eigenvalue weighted by atomic mass is 32.2. The first-order chi connectivity index (χ1) is 17.5. The number of imidazole rings is 1. The maximum atomic E-state index is 15.0. The molecule has 0 aliphatic carbocycles. The first-order valence-corrected chi connectivity index (χ1v) is 14.0. The minimum absolute atomic E-state index is 0.0771. The van der Waals surface area contributed by atoms with Gasteiger partial charge < -0.3 is 10.1 Å². The summed E-state index contributed by atoms with van der Waals surface area (Å²) in [5, 5.41) is 10.1. The number of H-pyrrole nitrogens is 1. The molecule has 9 nitrogen and oxygen atoms in total. The number of nitrogens with zero attached hydrogens (tertiary/aromatic N) is 2. The SMILES string of the molecule is O=S(=O)(N[C@@H](Cc1ccc([C@@H]2CC([O-])=NS2(=O)=O)c(F)c1)c1nc2ccccc2[nH]1)c1cccc(F)c1. The average molecular weight is 546 g/mol. The summed E-state index contributed by atoms with van der Waals surface area (Å²) in [5.41, 5.74) is 1.36. The molecule has 5 rings (SSSR count). The van der Waals surface area contributed by atoms with Crippen molar-refractivity contribution in [2.45, 2.75) is 29.0 Å². The number of sulfonamides is 2. The molecule has 0 fully saturated rings. The summed E-state index contributed by atoms with van der Waals surface area (Å²) in [5.74, 6) is -2.20. The second kappa shape index (κ2) is 9.32. The lowest BCUT2D eigenvalue weighted by atomic mass is 10.0. The Kier molecular flexibility index (Phi) is 6.30. The number of benzene rings is 3. The van der Waals surface area contributed by atoms with Crippen LogP contribution in [-0.2, 0) is 26.5 Å². The minimum Gasteiger partial charge on any atom is -0.861 e. The Hall–Kier alpha value is -3.68. The van der Waals surface area contributed by atoms with Gasteiger partial charge in [-0.1, -0.05) is 30.3 Å². The summed E-state index contributed by atoms with van der Waals surface area (Å²) in [6.45, 7) is 0. The minimum atomic E-state index is -4.21. The van der Waals surface area contributed by atoms with Crippen molar-refractivity contribution in [3.05, 3.63) is 95.3 Å². The standard InChI is InChI=1S/C24H20F2N4O5S2/c25-15-4-3-5-16(12-15)36(32,33)29-21(24-27-19-6-1-2-7-20(19)28-24)11-14-8-9-17(18(26)10-14)22-13-23(31)30-37(22,34)35/h1-10,12,21-22,29H,11,13H2,(H,27,28)(H,30,31)/p-1/t21-,22-/m0/s1. The van der Waals surface area contributed by atoms with E-state index in [1.807, 2.05) is 0 Å². The molecule has 3 aromatic carbocycles. The number of rotatable bonds is 7. The summed E-state index contributed by atoms with van der Waals surface area (Å²) < 4.78 is 84.7. The van der Waals surface area contributed by atoms with Gasteiger partial charge in [-0.25, -0.2) is 35.3 Å². The Bertz CT molecular complexity index is 1720. The van der Waals surface area contributed by atoms with Gasteiger partial charge in [0.15, 0.2) is 0 Å². The molecule has 0 bridgehead atoms. The van der Waals surface area contributed by atoms with Gasteiger partial charge in [0.2, 0.25) is 10.0 Å². The number of nitrogens with one attached hydrogen (secondary N) is 2. The zero-order chi connectivity index (χ0) is 26.4. The number of hydrogen-bond acceptors (Lipinski definition) is 6. The smallest absolute Gasteiger partial charge is 0.259 e. The number of halogens is 2. The molecule has 192 valence electrons. The highest BCUT2D eigenvalue weighted by Crippen LogP contribution is 2.34. The Labute approximate surface area is 211 Å². The number of aromatic nitrogens is 2. The second-order valence-electron chi connectivity index (χ2n) is 8.52. The molecule has 0 amide bonds. The summed E-state index contributed by atoms with van der Waals surface area (Å²) in [4.78, 5) is 7.21. The van der Waals surface area contributed by atoms with E-state index in [2.05, 4.69) is 19.1 Å². The van der Waals surface area contributed by atoms with Crippen LogP contribution in [0, 0.1) is 11.6 Å². The monoisotopic (exact) mass is 545 g/mol. The van der Waals surface area contributed by atoms with Crippen LogP contribution in [0.15, 0.2) is 76.0 Å².